The van der Waals surface area contributed by atoms with Crippen molar-refractivity contribution >= 4 is 5.91 Å². The summed E-state index contributed by atoms with van der Waals surface area (Å²) in [6, 6.07) is 5.52. The van der Waals surface area contributed by atoms with Gasteiger partial charge in [-0.25, -0.2) is 0 Å². The summed E-state index contributed by atoms with van der Waals surface area (Å²) in [6.07, 6.45) is 0.589. The Morgan fingerprint density at radius 1 is 1.55 bits per heavy atom. The molecule has 1 aromatic rings. The largest absolute Gasteiger partial charge is 0.512 e. The Hall–Kier alpha value is -2.17. The lowest BCUT2D eigenvalue weighted by Gasteiger charge is -2.45. The number of aliphatic hydroxyl groups is 1. The van der Waals surface area contributed by atoms with Gasteiger partial charge in [-0.3, -0.25) is 4.79 Å². The molecule has 2 bridgehead atoms. The first kappa shape index (κ1) is 12.8. The van der Waals surface area contributed by atoms with E-state index in [0.29, 0.717) is 23.5 Å². The fraction of sp³-hybridized carbons (Fsp3) is 0.400. The van der Waals surface area contributed by atoms with Crippen LogP contribution in [-0.2, 0) is 4.79 Å². The Bertz CT molecular complexity index is 618. The number of hydrogen-bond donors (Lipinski definition) is 2. The first-order chi connectivity index (χ1) is 9.43. The van der Waals surface area contributed by atoms with Crippen molar-refractivity contribution in [3.05, 3.63) is 35.1 Å². The minimum atomic E-state index is -0.734. The molecule has 5 nitrogen and oxygen atoms in total. The molecule has 5 heteroatoms. The van der Waals surface area contributed by atoms with E-state index in [1.807, 2.05) is 25.1 Å². The zero-order valence-electron chi connectivity index (χ0n) is 11.7. The molecule has 1 fully saturated rings. The van der Waals surface area contributed by atoms with Crippen molar-refractivity contribution in [2.75, 3.05) is 7.11 Å². The molecule has 0 radical (unpaired) electrons. The van der Waals surface area contributed by atoms with Crippen LogP contribution in [0.4, 0.5) is 0 Å². The van der Waals surface area contributed by atoms with Crippen molar-refractivity contribution in [1.82, 2.24) is 5.32 Å². The lowest BCUT2D eigenvalue weighted by Crippen LogP contribution is -2.58. The van der Waals surface area contributed by atoms with Gasteiger partial charge in [-0.2, -0.15) is 0 Å². The van der Waals surface area contributed by atoms with Gasteiger partial charge in [0, 0.05) is 17.9 Å². The van der Waals surface area contributed by atoms with E-state index in [9.17, 15) is 9.90 Å². The second-order valence-corrected chi connectivity index (χ2v) is 5.45. The van der Waals surface area contributed by atoms with Crippen LogP contribution in [-0.4, -0.2) is 23.8 Å². The summed E-state index contributed by atoms with van der Waals surface area (Å²) in [5.74, 6) is 1.00. The molecule has 106 valence electrons. The van der Waals surface area contributed by atoms with Crippen molar-refractivity contribution in [2.24, 2.45) is 0 Å². The SMILES string of the molecule is COc1ccc2c(c1)C1CC(C)(NC(=O)C1=C(C)O)O2. The van der Waals surface area contributed by atoms with E-state index in [1.165, 1.54) is 6.92 Å². The summed E-state index contributed by atoms with van der Waals surface area (Å²) >= 11 is 0. The second-order valence-electron chi connectivity index (χ2n) is 5.45. The van der Waals surface area contributed by atoms with Gasteiger partial charge >= 0.3 is 0 Å². The zero-order valence-corrected chi connectivity index (χ0v) is 11.7. The van der Waals surface area contributed by atoms with Gasteiger partial charge in [0.2, 0.25) is 0 Å². The third-order valence-electron chi connectivity index (χ3n) is 3.88. The predicted octanol–water partition coefficient (Wildman–Crippen LogP) is 2.24. The minimum absolute atomic E-state index is 0.0465. The van der Waals surface area contributed by atoms with E-state index in [0.717, 1.165) is 5.56 Å². The number of ether oxygens (including phenoxy) is 2. The number of carbonyl (C=O) groups excluding carboxylic acids is 1. The van der Waals surface area contributed by atoms with Crippen LogP contribution in [0.15, 0.2) is 29.5 Å². The molecule has 0 saturated carbocycles. The highest BCUT2D eigenvalue weighted by Gasteiger charge is 2.47. The lowest BCUT2D eigenvalue weighted by molar-refractivity contribution is -0.127. The molecule has 0 spiro atoms. The van der Waals surface area contributed by atoms with Crippen molar-refractivity contribution in [1.29, 1.82) is 0 Å². The van der Waals surface area contributed by atoms with E-state index in [1.54, 1.807) is 7.11 Å². The van der Waals surface area contributed by atoms with Gasteiger partial charge in [-0.1, -0.05) is 0 Å². The van der Waals surface area contributed by atoms with E-state index < -0.39 is 5.72 Å². The Morgan fingerprint density at radius 3 is 2.95 bits per heavy atom. The molecule has 1 amide bonds. The summed E-state index contributed by atoms with van der Waals surface area (Å²) in [4.78, 5) is 12.2. The Kier molecular flexibility index (Phi) is 2.67. The number of piperidine rings is 1. The van der Waals surface area contributed by atoms with Crippen LogP contribution >= 0.6 is 0 Å². The fourth-order valence-electron chi connectivity index (χ4n) is 3.02. The summed E-state index contributed by atoms with van der Waals surface area (Å²) in [7, 11) is 1.59. The molecule has 0 aromatic heterocycles. The summed E-state index contributed by atoms with van der Waals surface area (Å²) < 4.78 is 11.1. The van der Waals surface area contributed by atoms with Crippen LogP contribution in [0.25, 0.3) is 0 Å². The van der Waals surface area contributed by atoms with Gasteiger partial charge < -0.3 is 19.9 Å². The van der Waals surface area contributed by atoms with Crippen LogP contribution in [0.2, 0.25) is 0 Å². The fourth-order valence-corrected chi connectivity index (χ4v) is 3.02. The Balaban J connectivity index is 2.19. The number of amides is 1. The maximum absolute atomic E-state index is 12.2. The maximum atomic E-state index is 12.2. The van der Waals surface area contributed by atoms with Crippen LogP contribution in [0.5, 0.6) is 11.5 Å². The highest BCUT2D eigenvalue weighted by molar-refractivity contribution is 5.97. The van der Waals surface area contributed by atoms with Gasteiger partial charge in [0.1, 0.15) is 11.5 Å². The number of benzene rings is 1. The Morgan fingerprint density at radius 2 is 2.30 bits per heavy atom. The van der Waals surface area contributed by atoms with Crippen molar-refractivity contribution in [3.63, 3.8) is 0 Å². The summed E-state index contributed by atoms with van der Waals surface area (Å²) in [5.41, 5.74) is 0.544. The van der Waals surface area contributed by atoms with Crippen molar-refractivity contribution in [2.45, 2.75) is 31.9 Å². The molecule has 20 heavy (non-hydrogen) atoms. The summed E-state index contributed by atoms with van der Waals surface area (Å²) in [5, 5.41) is 12.7. The normalized spacial score (nSPS) is 29.9. The molecule has 2 heterocycles. The van der Waals surface area contributed by atoms with E-state index >= 15 is 0 Å². The number of methoxy groups -OCH3 is 1. The standard InChI is InChI=1S/C15H17NO4/c1-8(17)13-11-7-15(2,16-14(13)18)20-12-5-4-9(19-3)6-10(11)12/h4-6,11,17H,7H2,1-3H3,(H,16,18). The predicted molar refractivity (Wildman–Crippen MR) is 72.9 cm³/mol. The molecule has 1 aromatic carbocycles. The van der Waals surface area contributed by atoms with Gasteiger partial charge in [0.15, 0.2) is 5.72 Å². The minimum Gasteiger partial charge on any atom is -0.512 e. The van der Waals surface area contributed by atoms with Gasteiger partial charge in [0.25, 0.3) is 5.91 Å². The number of hydrogen-bond acceptors (Lipinski definition) is 4. The first-order valence-electron chi connectivity index (χ1n) is 6.53. The number of fused-ring (bicyclic) bond motifs is 4. The smallest absolute Gasteiger partial charge is 0.254 e. The molecule has 0 aliphatic carbocycles. The van der Waals surface area contributed by atoms with Crippen LogP contribution in [0.3, 0.4) is 0 Å². The van der Waals surface area contributed by atoms with Gasteiger partial charge in [0.05, 0.1) is 18.4 Å². The van der Waals surface area contributed by atoms with Crippen molar-refractivity contribution < 1.29 is 19.4 Å². The molecular formula is C15H17NO4. The highest BCUT2D eigenvalue weighted by atomic mass is 16.5. The quantitative estimate of drug-likeness (QED) is 0.609. The number of allylic oxidation sites excluding steroid dienone is 1. The average Bonchev–Trinajstić information content (AvgIpc) is 2.36. The van der Waals surface area contributed by atoms with Crippen LogP contribution in [0.1, 0.15) is 31.7 Å². The molecule has 2 aliphatic rings. The monoisotopic (exact) mass is 275 g/mol. The van der Waals surface area contributed by atoms with Gasteiger partial charge in [-0.05, 0) is 32.0 Å². The zero-order chi connectivity index (χ0) is 14.5. The third-order valence-corrected chi connectivity index (χ3v) is 3.88. The molecule has 2 N–H and O–H groups in total. The molecule has 2 aliphatic heterocycles. The van der Waals surface area contributed by atoms with Crippen LogP contribution in [0, 0.1) is 0 Å². The molecule has 2 atom stereocenters. The average molecular weight is 275 g/mol. The molecular weight excluding hydrogens is 258 g/mol. The number of nitrogens with one attached hydrogen (secondary N) is 1. The second kappa shape index (κ2) is 4.16. The van der Waals surface area contributed by atoms with Gasteiger partial charge in [-0.15, -0.1) is 0 Å². The Labute approximate surface area is 117 Å². The topological polar surface area (TPSA) is 67.8 Å². The lowest BCUT2D eigenvalue weighted by atomic mass is 9.78. The third kappa shape index (κ3) is 1.81. The van der Waals surface area contributed by atoms with Crippen molar-refractivity contribution in [3.8, 4) is 11.5 Å². The van der Waals surface area contributed by atoms with Crippen LogP contribution < -0.4 is 14.8 Å². The van der Waals surface area contributed by atoms with E-state index in [-0.39, 0.29) is 17.6 Å². The first-order valence-corrected chi connectivity index (χ1v) is 6.53. The summed E-state index contributed by atoms with van der Waals surface area (Å²) in [6.45, 7) is 3.38. The maximum Gasteiger partial charge on any atom is 0.254 e. The highest BCUT2D eigenvalue weighted by Crippen LogP contribution is 2.47. The molecule has 2 unspecified atom stereocenters. The number of rotatable bonds is 1. The van der Waals surface area contributed by atoms with E-state index in [2.05, 4.69) is 5.32 Å². The number of carbonyl (C=O) groups is 1. The number of aliphatic hydroxyl groups excluding tert-OH is 1. The van der Waals surface area contributed by atoms with E-state index in [4.69, 9.17) is 9.47 Å². The molecule has 1 saturated heterocycles. The molecule has 3 rings (SSSR count).